The predicted octanol–water partition coefficient (Wildman–Crippen LogP) is 3.36. The minimum absolute atomic E-state index is 0.813. The molecule has 0 unspecified atom stereocenters. The molecular formula is C40H62N10. The zero-order chi connectivity index (χ0) is 34.6. The zero-order valence-electron chi connectivity index (χ0n) is 30.3. The zero-order valence-corrected chi connectivity index (χ0v) is 30.3. The Hall–Kier alpha value is -3.06. The lowest BCUT2D eigenvalue weighted by atomic mass is 10.1. The summed E-state index contributed by atoms with van der Waals surface area (Å²) in [5, 5.41) is 9.77. The molecule has 4 heterocycles. The number of nitrogens with one attached hydrogen (secondary N) is 2. The topological polar surface area (TPSA) is 115 Å². The van der Waals surface area contributed by atoms with Crippen LogP contribution in [0.4, 0.5) is 0 Å². The molecule has 0 bridgehead atoms. The summed E-state index contributed by atoms with van der Waals surface area (Å²) in [4.78, 5) is 19.2. The lowest BCUT2D eigenvalue weighted by Gasteiger charge is -2.34. The fraction of sp³-hybridized carbons (Fsp3) is 0.550. The first kappa shape index (κ1) is 38.2. The van der Waals surface area contributed by atoms with Crippen molar-refractivity contribution in [1.82, 2.24) is 40.2 Å². The Labute approximate surface area is 300 Å². The molecule has 2 fully saturated rings. The van der Waals surface area contributed by atoms with Gasteiger partial charge in [-0.05, 0) is 113 Å². The normalized spacial score (nSPS) is 16.5. The van der Waals surface area contributed by atoms with Gasteiger partial charge in [0.1, 0.15) is 0 Å². The van der Waals surface area contributed by atoms with Crippen LogP contribution in [-0.2, 0) is 13.1 Å². The van der Waals surface area contributed by atoms with E-state index in [9.17, 15) is 0 Å². The third kappa shape index (κ3) is 12.6. The monoisotopic (exact) mass is 683 g/mol. The van der Waals surface area contributed by atoms with Gasteiger partial charge >= 0.3 is 0 Å². The van der Waals surface area contributed by atoms with E-state index in [1.807, 2.05) is 12.4 Å². The molecule has 6 N–H and O–H groups in total. The molecule has 0 saturated carbocycles. The Morgan fingerprint density at radius 2 is 0.840 bits per heavy atom. The number of nitrogens with zero attached hydrogens (tertiary/aromatic N) is 6. The van der Waals surface area contributed by atoms with Gasteiger partial charge in [0.05, 0.1) is 11.0 Å². The second kappa shape index (κ2) is 22.0. The highest BCUT2D eigenvalue weighted by atomic mass is 15.3. The number of para-hydroxylation sites is 2. The van der Waals surface area contributed by atoms with Gasteiger partial charge in [0, 0.05) is 88.6 Å². The molecule has 2 aromatic carbocycles. The van der Waals surface area contributed by atoms with Crippen molar-refractivity contribution >= 4 is 21.8 Å². The maximum atomic E-state index is 5.49. The van der Waals surface area contributed by atoms with Crippen LogP contribution in [0.1, 0.15) is 36.8 Å². The fourth-order valence-corrected chi connectivity index (χ4v) is 7.02. The second-order valence-corrected chi connectivity index (χ2v) is 13.7. The Morgan fingerprint density at radius 3 is 1.22 bits per heavy atom. The molecule has 0 radical (unpaired) electrons. The summed E-state index contributed by atoms with van der Waals surface area (Å²) in [6, 6.07) is 21.0. The van der Waals surface area contributed by atoms with Crippen LogP contribution in [-0.4, -0.2) is 134 Å². The van der Waals surface area contributed by atoms with Crippen LogP contribution in [0.25, 0.3) is 21.8 Å². The highest BCUT2D eigenvalue weighted by Gasteiger charge is 2.16. The number of hydrogen-bond donors (Lipinski definition) is 4. The molecule has 50 heavy (non-hydrogen) atoms. The Morgan fingerprint density at radius 1 is 0.480 bits per heavy atom. The van der Waals surface area contributed by atoms with Crippen LogP contribution in [0.2, 0.25) is 0 Å². The molecule has 2 saturated heterocycles. The highest BCUT2D eigenvalue weighted by molar-refractivity contribution is 5.82. The summed E-state index contributed by atoms with van der Waals surface area (Å²) >= 11 is 0. The molecule has 6 rings (SSSR count). The van der Waals surface area contributed by atoms with Crippen molar-refractivity contribution in [3.8, 4) is 0 Å². The predicted molar refractivity (Wildman–Crippen MR) is 209 cm³/mol. The Balaban J connectivity index is 0.000000292. The number of pyridine rings is 2. The average Bonchev–Trinajstić information content (AvgIpc) is 3.17. The van der Waals surface area contributed by atoms with Crippen LogP contribution in [0.15, 0.2) is 73.1 Å². The summed E-state index contributed by atoms with van der Waals surface area (Å²) in [6.07, 6.45) is 8.47. The molecular weight excluding hydrogens is 621 g/mol. The maximum Gasteiger partial charge on any atom is 0.0705 e. The van der Waals surface area contributed by atoms with Gasteiger partial charge in [0.2, 0.25) is 0 Å². The van der Waals surface area contributed by atoms with Crippen LogP contribution < -0.4 is 22.1 Å². The van der Waals surface area contributed by atoms with Gasteiger partial charge in [-0.25, -0.2) is 0 Å². The van der Waals surface area contributed by atoms with Crippen molar-refractivity contribution < 1.29 is 0 Å². The van der Waals surface area contributed by atoms with Crippen molar-refractivity contribution in [2.75, 3.05) is 105 Å². The molecule has 0 amide bonds. The Kier molecular flexibility index (Phi) is 16.8. The number of rotatable bonds is 18. The Bertz CT molecular complexity index is 1380. The number of piperazine rings is 2. The molecule has 0 atom stereocenters. The third-order valence-electron chi connectivity index (χ3n) is 10.1. The van der Waals surface area contributed by atoms with Gasteiger partial charge in [0.25, 0.3) is 0 Å². The first-order valence-electron chi connectivity index (χ1n) is 19.1. The van der Waals surface area contributed by atoms with Crippen LogP contribution >= 0.6 is 0 Å². The number of hydrogen-bond acceptors (Lipinski definition) is 10. The first-order chi connectivity index (χ1) is 24.7. The van der Waals surface area contributed by atoms with Gasteiger partial charge in [-0.3, -0.25) is 9.97 Å². The van der Waals surface area contributed by atoms with Crippen LogP contribution in [0.3, 0.4) is 0 Å². The highest BCUT2D eigenvalue weighted by Crippen LogP contribution is 2.17. The lowest BCUT2D eigenvalue weighted by molar-refractivity contribution is 0.130. The minimum Gasteiger partial charge on any atom is -0.330 e. The largest absolute Gasteiger partial charge is 0.330 e. The summed E-state index contributed by atoms with van der Waals surface area (Å²) in [5.41, 5.74) is 15.8. The smallest absolute Gasteiger partial charge is 0.0705 e. The SMILES string of the molecule is NCCCN1CCN(CCCN)CC1.c1ccc2c(CNCCCN3CCN(CCCNCc4ccnc5ccccc45)CC3)ccnc2c1. The summed E-state index contributed by atoms with van der Waals surface area (Å²) in [5.74, 6) is 0. The van der Waals surface area contributed by atoms with Crippen molar-refractivity contribution in [3.05, 3.63) is 84.2 Å². The van der Waals surface area contributed by atoms with Gasteiger partial charge < -0.3 is 41.7 Å². The quantitative estimate of drug-likeness (QED) is 0.117. The average molecular weight is 683 g/mol. The number of nitrogens with two attached hydrogens (primary N) is 2. The minimum atomic E-state index is 0.813. The summed E-state index contributed by atoms with van der Waals surface area (Å²) in [6.45, 7) is 19.8. The second-order valence-electron chi connectivity index (χ2n) is 13.7. The number of fused-ring (bicyclic) bond motifs is 2. The van der Waals surface area contributed by atoms with E-state index in [-0.39, 0.29) is 0 Å². The van der Waals surface area contributed by atoms with E-state index in [0.717, 1.165) is 63.1 Å². The van der Waals surface area contributed by atoms with Gasteiger partial charge in [-0.2, -0.15) is 0 Å². The van der Waals surface area contributed by atoms with Crippen molar-refractivity contribution in [3.63, 3.8) is 0 Å². The number of aromatic nitrogens is 2. The van der Waals surface area contributed by atoms with E-state index in [4.69, 9.17) is 11.5 Å². The third-order valence-corrected chi connectivity index (χ3v) is 10.1. The van der Waals surface area contributed by atoms with Crippen molar-refractivity contribution in [2.24, 2.45) is 11.5 Å². The lowest BCUT2D eigenvalue weighted by Crippen LogP contribution is -2.47. The van der Waals surface area contributed by atoms with Gasteiger partial charge in [0.15, 0.2) is 0 Å². The van der Waals surface area contributed by atoms with Crippen LogP contribution in [0, 0.1) is 0 Å². The number of benzene rings is 2. The molecule has 272 valence electrons. The van der Waals surface area contributed by atoms with E-state index in [2.05, 4.69) is 101 Å². The molecule has 0 aliphatic carbocycles. The van der Waals surface area contributed by atoms with E-state index < -0.39 is 0 Å². The molecule has 0 spiro atoms. The van der Waals surface area contributed by atoms with Gasteiger partial charge in [-0.15, -0.1) is 0 Å². The summed E-state index contributed by atoms with van der Waals surface area (Å²) < 4.78 is 0. The van der Waals surface area contributed by atoms with E-state index in [1.165, 1.54) is 113 Å². The summed E-state index contributed by atoms with van der Waals surface area (Å²) in [7, 11) is 0. The molecule has 2 aliphatic rings. The maximum absolute atomic E-state index is 5.49. The molecule has 4 aromatic rings. The van der Waals surface area contributed by atoms with Crippen molar-refractivity contribution in [2.45, 2.75) is 38.8 Å². The molecule has 2 aliphatic heterocycles. The molecule has 10 heteroatoms. The van der Waals surface area contributed by atoms with Crippen LogP contribution in [0.5, 0.6) is 0 Å². The van der Waals surface area contributed by atoms with E-state index in [0.29, 0.717) is 0 Å². The van der Waals surface area contributed by atoms with E-state index >= 15 is 0 Å². The van der Waals surface area contributed by atoms with E-state index in [1.54, 1.807) is 0 Å². The molecule has 10 nitrogen and oxygen atoms in total. The molecule has 2 aromatic heterocycles. The standard InChI is InChI=1S/C30H38N6.C10H24N4/c1-3-9-29-27(7-1)25(11-15-33-29)23-31-13-5-17-35-19-21-36(22-20-35)18-6-14-32-24-26-12-16-34-30-10-4-2-8-28(26)30;11-3-1-5-13-7-9-14(10-8-13)6-2-4-12/h1-4,7-12,15-16,31-32H,5-6,13-14,17-24H2;1-12H2. The fourth-order valence-electron chi connectivity index (χ4n) is 7.02. The van der Waals surface area contributed by atoms with Gasteiger partial charge in [-0.1, -0.05) is 36.4 Å². The first-order valence-corrected chi connectivity index (χ1v) is 19.1. The van der Waals surface area contributed by atoms with Crippen molar-refractivity contribution in [1.29, 1.82) is 0 Å².